The number of nitrogens with one attached hydrogen (secondary N) is 2. The van der Waals surface area contributed by atoms with Crippen LogP contribution in [0.15, 0.2) is 60.7 Å². The van der Waals surface area contributed by atoms with Crippen molar-refractivity contribution in [3.05, 3.63) is 71.8 Å². The van der Waals surface area contributed by atoms with Crippen molar-refractivity contribution in [2.24, 2.45) is 5.92 Å². The van der Waals surface area contributed by atoms with E-state index in [0.29, 0.717) is 37.9 Å². The summed E-state index contributed by atoms with van der Waals surface area (Å²) in [5.41, 5.74) is -0.371. The molecule has 3 atom stereocenters. The van der Waals surface area contributed by atoms with E-state index >= 15 is 0 Å². The van der Waals surface area contributed by atoms with Crippen LogP contribution in [-0.2, 0) is 24.5 Å². The summed E-state index contributed by atoms with van der Waals surface area (Å²) in [6.07, 6.45) is 0.857. The zero-order valence-electron chi connectivity index (χ0n) is 24.0. The molecule has 9 heteroatoms. The molecule has 0 bridgehead atoms. The molecule has 0 aliphatic carbocycles. The van der Waals surface area contributed by atoms with E-state index in [2.05, 4.69) is 10.6 Å². The Labute approximate surface area is 236 Å². The average molecular weight is 552 g/mol. The number of hydrogen-bond acceptors (Lipinski definition) is 5. The first-order chi connectivity index (χ1) is 18.9. The average Bonchev–Trinajstić information content (AvgIpc) is 2.93. The Hall–Kier alpha value is -3.88. The molecule has 3 rings (SSSR count). The van der Waals surface area contributed by atoms with Gasteiger partial charge >= 0.3 is 12.1 Å². The second-order valence-corrected chi connectivity index (χ2v) is 11.4. The lowest BCUT2D eigenvalue weighted by atomic mass is 9.71. The van der Waals surface area contributed by atoms with Gasteiger partial charge in [0.2, 0.25) is 11.8 Å². The molecule has 3 amide bonds. The third-order valence-electron chi connectivity index (χ3n) is 7.48. The van der Waals surface area contributed by atoms with Gasteiger partial charge in [-0.3, -0.25) is 9.59 Å². The zero-order chi connectivity index (χ0) is 29.5. The number of benzene rings is 2. The first kappa shape index (κ1) is 30.7. The molecule has 1 aliphatic rings. The van der Waals surface area contributed by atoms with Gasteiger partial charge in [0.05, 0.1) is 5.41 Å². The van der Waals surface area contributed by atoms with E-state index in [9.17, 15) is 24.3 Å². The van der Waals surface area contributed by atoms with Crippen molar-refractivity contribution >= 4 is 23.9 Å². The number of carboxylic acids is 1. The predicted molar refractivity (Wildman–Crippen MR) is 152 cm³/mol. The lowest BCUT2D eigenvalue weighted by molar-refractivity contribution is -0.143. The van der Waals surface area contributed by atoms with Gasteiger partial charge in [-0.2, -0.15) is 0 Å². The van der Waals surface area contributed by atoms with Crippen molar-refractivity contribution in [2.75, 3.05) is 13.1 Å². The molecule has 2 aromatic carbocycles. The predicted octanol–water partition coefficient (Wildman–Crippen LogP) is 4.43. The van der Waals surface area contributed by atoms with Gasteiger partial charge in [0.25, 0.3) is 0 Å². The Morgan fingerprint density at radius 3 is 2.00 bits per heavy atom. The highest BCUT2D eigenvalue weighted by Crippen LogP contribution is 2.37. The maximum Gasteiger partial charge on any atom is 0.410 e. The van der Waals surface area contributed by atoms with Gasteiger partial charge in [-0.15, -0.1) is 0 Å². The molecule has 40 heavy (non-hydrogen) atoms. The van der Waals surface area contributed by atoms with Gasteiger partial charge in [-0.05, 0) is 50.7 Å². The van der Waals surface area contributed by atoms with Crippen molar-refractivity contribution in [1.29, 1.82) is 0 Å². The monoisotopic (exact) mass is 551 g/mol. The number of rotatable bonds is 9. The Kier molecular flexibility index (Phi) is 9.95. The van der Waals surface area contributed by atoms with E-state index in [1.807, 2.05) is 65.0 Å². The van der Waals surface area contributed by atoms with Crippen LogP contribution in [0.2, 0.25) is 0 Å². The largest absolute Gasteiger partial charge is 0.479 e. The fraction of sp³-hybridized carbons (Fsp3) is 0.484. The number of amides is 3. The maximum atomic E-state index is 14.1. The topological polar surface area (TPSA) is 125 Å². The lowest BCUT2D eigenvalue weighted by Crippen LogP contribution is -2.59. The minimum Gasteiger partial charge on any atom is -0.479 e. The van der Waals surface area contributed by atoms with Crippen LogP contribution in [0.4, 0.5) is 4.79 Å². The van der Waals surface area contributed by atoms with Crippen molar-refractivity contribution in [3.63, 3.8) is 0 Å². The quantitative estimate of drug-likeness (QED) is 0.424. The number of carboxylic acid groups (broad SMARTS) is 1. The van der Waals surface area contributed by atoms with Gasteiger partial charge in [-0.25, -0.2) is 9.59 Å². The molecule has 2 aromatic rings. The molecule has 1 aliphatic heterocycles. The minimum absolute atomic E-state index is 0.260. The van der Waals surface area contributed by atoms with Crippen LogP contribution in [0, 0.1) is 5.92 Å². The van der Waals surface area contributed by atoms with Crippen LogP contribution in [0.25, 0.3) is 0 Å². The third kappa shape index (κ3) is 7.40. The summed E-state index contributed by atoms with van der Waals surface area (Å²) in [7, 11) is 0. The van der Waals surface area contributed by atoms with Crippen LogP contribution >= 0.6 is 0 Å². The molecular weight excluding hydrogens is 510 g/mol. The maximum absolute atomic E-state index is 14.1. The normalized spacial score (nSPS) is 17.2. The molecule has 0 spiro atoms. The van der Waals surface area contributed by atoms with E-state index in [0.717, 1.165) is 5.56 Å². The molecule has 9 nitrogen and oxygen atoms in total. The number of aliphatic carboxylic acids is 1. The fourth-order valence-corrected chi connectivity index (χ4v) is 4.95. The van der Waals surface area contributed by atoms with Crippen LogP contribution < -0.4 is 10.6 Å². The molecule has 216 valence electrons. The molecule has 0 radical (unpaired) electrons. The fourth-order valence-electron chi connectivity index (χ4n) is 4.95. The Bertz CT molecular complexity index is 1170. The van der Waals surface area contributed by atoms with Crippen LogP contribution in [0.3, 0.4) is 0 Å². The minimum atomic E-state index is -1.25. The smallest absolute Gasteiger partial charge is 0.410 e. The van der Waals surface area contributed by atoms with Gasteiger partial charge in [-0.1, -0.05) is 80.9 Å². The van der Waals surface area contributed by atoms with E-state index < -0.39 is 41.1 Å². The van der Waals surface area contributed by atoms with Crippen molar-refractivity contribution in [3.8, 4) is 0 Å². The second-order valence-electron chi connectivity index (χ2n) is 11.4. The summed E-state index contributed by atoms with van der Waals surface area (Å²) in [5.74, 6) is -2.34. The highest BCUT2D eigenvalue weighted by atomic mass is 16.6. The SMILES string of the molecule is CC[C@@H](C)[C@H](NC(=O)C1(c2ccccc2)CCN(C(=O)OC(C)(C)C)CC1)C(=O)N[C@@H](C(=O)O)c1ccccc1. The first-order valence-corrected chi connectivity index (χ1v) is 13.8. The third-order valence-corrected chi connectivity index (χ3v) is 7.48. The highest BCUT2D eigenvalue weighted by molar-refractivity contribution is 5.95. The molecule has 0 aromatic heterocycles. The second kappa shape index (κ2) is 13.0. The van der Waals surface area contributed by atoms with Crippen molar-refractivity contribution in [2.45, 2.75) is 77.0 Å². The van der Waals surface area contributed by atoms with E-state index in [1.54, 1.807) is 35.2 Å². The Balaban J connectivity index is 1.85. The number of piperidine rings is 1. The number of nitrogens with zero attached hydrogens (tertiary/aromatic N) is 1. The lowest BCUT2D eigenvalue weighted by Gasteiger charge is -2.42. The molecule has 1 heterocycles. The summed E-state index contributed by atoms with van der Waals surface area (Å²) in [4.78, 5) is 54.0. The van der Waals surface area contributed by atoms with Crippen molar-refractivity contribution < 1.29 is 29.0 Å². The number of hydrogen-bond donors (Lipinski definition) is 3. The molecule has 1 saturated heterocycles. The molecule has 0 saturated carbocycles. The summed E-state index contributed by atoms with van der Waals surface area (Å²) < 4.78 is 5.53. The zero-order valence-corrected chi connectivity index (χ0v) is 24.0. The summed E-state index contributed by atoms with van der Waals surface area (Å²) in [6.45, 7) is 9.81. The van der Waals surface area contributed by atoms with E-state index in [1.165, 1.54) is 0 Å². The number of ether oxygens (including phenoxy) is 1. The summed E-state index contributed by atoms with van der Waals surface area (Å²) >= 11 is 0. The Morgan fingerprint density at radius 2 is 1.50 bits per heavy atom. The van der Waals surface area contributed by atoms with E-state index in [4.69, 9.17) is 4.74 Å². The van der Waals surface area contributed by atoms with E-state index in [-0.39, 0.29) is 11.8 Å². The van der Waals surface area contributed by atoms with Crippen molar-refractivity contribution in [1.82, 2.24) is 15.5 Å². The van der Waals surface area contributed by atoms with Gasteiger partial charge < -0.3 is 25.4 Å². The van der Waals surface area contributed by atoms with Crippen LogP contribution in [-0.4, -0.2) is 58.6 Å². The molecular formula is C31H41N3O6. The van der Waals surface area contributed by atoms with Crippen LogP contribution in [0.1, 0.15) is 71.0 Å². The number of carbonyl (C=O) groups excluding carboxylic acids is 3. The van der Waals surface area contributed by atoms with Crippen LogP contribution in [0.5, 0.6) is 0 Å². The Morgan fingerprint density at radius 1 is 0.950 bits per heavy atom. The van der Waals surface area contributed by atoms with Gasteiger partial charge in [0.1, 0.15) is 11.6 Å². The highest BCUT2D eigenvalue weighted by Gasteiger charge is 2.46. The molecule has 1 fully saturated rings. The summed E-state index contributed by atoms with van der Waals surface area (Å²) in [5, 5.41) is 15.4. The van der Waals surface area contributed by atoms with Gasteiger partial charge in [0.15, 0.2) is 6.04 Å². The molecule has 3 N–H and O–H groups in total. The first-order valence-electron chi connectivity index (χ1n) is 13.8. The number of likely N-dealkylation sites (tertiary alicyclic amines) is 1. The van der Waals surface area contributed by atoms with Gasteiger partial charge in [0, 0.05) is 13.1 Å². The standard InChI is InChI=1S/C31H41N3O6/c1-6-21(2)24(26(35)32-25(27(36)37)22-13-9-7-10-14-22)33-28(38)31(23-15-11-8-12-16-23)17-19-34(20-18-31)29(39)40-30(3,4)5/h7-16,21,24-25H,6,17-20H2,1-5H3,(H,32,35)(H,33,38)(H,36,37)/t21-,24+,25-/m1/s1. The number of carbonyl (C=O) groups is 4. The summed E-state index contributed by atoms with van der Waals surface area (Å²) in [6, 6.07) is 15.6. The molecule has 0 unspecified atom stereocenters.